The summed E-state index contributed by atoms with van der Waals surface area (Å²) in [7, 11) is 0. The number of aromatic nitrogens is 2. The third kappa shape index (κ3) is 4.13. The van der Waals surface area contributed by atoms with E-state index in [0.29, 0.717) is 29.8 Å². The first-order valence-electron chi connectivity index (χ1n) is 10.9. The lowest BCUT2D eigenvalue weighted by Gasteiger charge is -2.34. The van der Waals surface area contributed by atoms with Gasteiger partial charge in [-0.1, -0.05) is 45.2 Å². The van der Waals surface area contributed by atoms with Gasteiger partial charge < -0.3 is 4.90 Å². The van der Waals surface area contributed by atoms with Crippen LogP contribution in [0.2, 0.25) is 0 Å². The van der Waals surface area contributed by atoms with Crippen molar-refractivity contribution in [2.75, 3.05) is 6.54 Å². The molecule has 0 bridgehead atoms. The number of hydrogen-bond acceptors (Lipinski definition) is 3. The summed E-state index contributed by atoms with van der Waals surface area (Å²) in [4.78, 5) is 33.3. The zero-order valence-corrected chi connectivity index (χ0v) is 17.5. The lowest BCUT2D eigenvalue weighted by atomic mass is 9.88. The van der Waals surface area contributed by atoms with Crippen molar-refractivity contribution < 1.29 is 4.79 Å². The van der Waals surface area contributed by atoms with E-state index in [0.717, 1.165) is 38.5 Å². The highest BCUT2D eigenvalue weighted by Gasteiger charge is 2.31. The minimum Gasteiger partial charge on any atom is -0.333 e. The molecule has 1 aliphatic rings. The molecule has 1 fully saturated rings. The Kier molecular flexibility index (Phi) is 6.87. The second-order valence-electron chi connectivity index (χ2n) is 7.99. The zero-order valence-electron chi connectivity index (χ0n) is 17.5. The van der Waals surface area contributed by atoms with E-state index in [4.69, 9.17) is 4.98 Å². The van der Waals surface area contributed by atoms with Crippen molar-refractivity contribution in [2.45, 2.75) is 78.3 Å². The molecule has 1 aromatic carbocycles. The first kappa shape index (κ1) is 20.6. The first-order chi connectivity index (χ1) is 13.6. The Morgan fingerprint density at radius 2 is 1.89 bits per heavy atom. The largest absolute Gasteiger partial charge is 0.333 e. The highest BCUT2D eigenvalue weighted by Crippen LogP contribution is 2.29. The van der Waals surface area contributed by atoms with Crippen molar-refractivity contribution in [1.29, 1.82) is 0 Å². The van der Waals surface area contributed by atoms with E-state index >= 15 is 0 Å². The lowest BCUT2D eigenvalue weighted by molar-refractivity contribution is -0.139. The zero-order chi connectivity index (χ0) is 20.1. The third-order valence-electron chi connectivity index (χ3n) is 5.88. The van der Waals surface area contributed by atoms with Crippen LogP contribution in [0.3, 0.4) is 0 Å². The van der Waals surface area contributed by atoms with Gasteiger partial charge in [0.1, 0.15) is 5.82 Å². The summed E-state index contributed by atoms with van der Waals surface area (Å²) in [6.07, 6.45) is 7.23. The lowest BCUT2D eigenvalue weighted by Crippen LogP contribution is -2.41. The van der Waals surface area contributed by atoms with Gasteiger partial charge in [-0.2, -0.15) is 0 Å². The number of para-hydroxylation sites is 1. The van der Waals surface area contributed by atoms with Crippen molar-refractivity contribution in [3.8, 4) is 0 Å². The average molecular weight is 384 g/mol. The fraction of sp³-hybridized carbons (Fsp3) is 0.609. The van der Waals surface area contributed by atoms with Crippen LogP contribution < -0.4 is 5.56 Å². The molecule has 1 unspecified atom stereocenters. The Labute approximate surface area is 167 Å². The van der Waals surface area contributed by atoms with Crippen LogP contribution in [0.4, 0.5) is 0 Å². The van der Waals surface area contributed by atoms with E-state index in [1.54, 1.807) is 4.57 Å². The predicted molar refractivity (Wildman–Crippen MR) is 113 cm³/mol. The Balaban J connectivity index is 2.03. The van der Waals surface area contributed by atoms with Crippen molar-refractivity contribution >= 4 is 16.8 Å². The van der Waals surface area contributed by atoms with Gasteiger partial charge >= 0.3 is 0 Å². The fourth-order valence-electron chi connectivity index (χ4n) is 4.40. The molecule has 1 saturated carbocycles. The number of carbonyl (C=O) groups is 1. The van der Waals surface area contributed by atoms with Gasteiger partial charge in [-0.3, -0.25) is 14.2 Å². The molecule has 0 N–H and O–H groups in total. The van der Waals surface area contributed by atoms with Crippen LogP contribution in [-0.2, 0) is 11.3 Å². The number of benzene rings is 1. The minimum absolute atomic E-state index is 0.00383. The van der Waals surface area contributed by atoms with Crippen LogP contribution in [-0.4, -0.2) is 26.9 Å². The quantitative estimate of drug-likeness (QED) is 0.697. The number of fused-ring (bicyclic) bond motifs is 1. The maximum absolute atomic E-state index is 13.3. The smallest absolute Gasteiger partial charge is 0.261 e. The molecule has 1 amide bonds. The molecule has 152 valence electrons. The molecule has 1 atom stereocenters. The van der Waals surface area contributed by atoms with Gasteiger partial charge in [0.25, 0.3) is 5.56 Å². The standard InChI is InChI=1S/C23H33N3O2/c1-4-15-25(22(27)18-11-7-6-8-12-18)17(3)21-24-20-14-10-9-13-19(20)23(28)26(21)16-5-2/h9-10,13-14,17-18H,4-8,11-12,15-16H2,1-3H3. The second-order valence-corrected chi connectivity index (χ2v) is 7.99. The van der Waals surface area contributed by atoms with Crippen molar-refractivity contribution in [3.63, 3.8) is 0 Å². The SMILES string of the molecule is CCCN(C(=O)C1CCCCC1)C(C)c1nc2ccccc2c(=O)n1CCC. The molecule has 1 heterocycles. The van der Waals surface area contributed by atoms with Crippen LogP contribution >= 0.6 is 0 Å². The Morgan fingerprint density at radius 1 is 1.18 bits per heavy atom. The van der Waals surface area contributed by atoms with Crippen LogP contribution in [0, 0.1) is 5.92 Å². The molecular weight excluding hydrogens is 350 g/mol. The van der Waals surface area contributed by atoms with Crippen molar-refractivity contribution in [2.24, 2.45) is 5.92 Å². The second kappa shape index (κ2) is 9.35. The predicted octanol–water partition coefficient (Wildman–Crippen LogP) is 4.69. The van der Waals surface area contributed by atoms with Crippen LogP contribution in [0.5, 0.6) is 0 Å². The molecule has 28 heavy (non-hydrogen) atoms. The molecule has 0 aliphatic heterocycles. The van der Waals surface area contributed by atoms with E-state index in [-0.39, 0.29) is 23.4 Å². The highest BCUT2D eigenvalue weighted by molar-refractivity contribution is 5.80. The minimum atomic E-state index is -0.210. The summed E-state index contributed by atoms with van der Waals surface area (Å²) in [5, 5.41) is 0.646. The summed E-state index contributed by atoms with van der Waals surface area (Å²) in [5.41, 5.74) is 0.708. The maximum atomic E-state index is 13.3. The molecule has 2 aromatic rings. The van der Waals surface area contributed by atoms with Gasteiger partial charge in [-0.25, -0.2) is 4.98 Å². The molecule has 0 spiro atoms. The molecule has 5 heteroatoms. The van der Waals surface area contributed by atoms with Crippen LogP contribution in [0.15, 0.2) is 29.1 Å². The number of nitrogens with zero attached hydrogens (tertiary/aromatic N) is 3. The number of carbonyl (C=O) groups excluding carboxylic acids is 1. The van der Waals surface area contributed by atoms with E-state index in [9.17, 15) is 9.59 Å². The monoisotopic (exact) mass is 383 g/mol. The number of hydrogen-bond donors (Lipinski definition) is 0. The average Bonchev–Trinajstić information content (AvgIpc) is 2.73. The molecular formula is C23H33N3O2. The highest BCUT2D eigenvalue weighted by atomic mass is 16.2. The Morgan fingerprint density at radius 3 is 2.57 bits per heavy atom. The van der Waals surface area contributed by atoms with Crippen molar-refractivity contribution in [1.82, 2.24) is 14.5 Å². The Bertz CT molecular complexity index is 868. The fourth-order valence-corrected chi connectivity index (χ4v) is 4.40. The molecule has 0 radical (unpaired) electrons. The summed E-state index contributed by atoms with van der Waals surface area (Å²) in [5.74, 6) is 1.07. The van der Waals surface area contributed by atoms with Gasteiger partial charge in [0, 0.05) is 19.0 Å². The molecule has 5 nitrogen and oxygen atoms in total. The topological polar surface area (TPSA) is 55.2 Å². The van der Waals surface area contributed by atoms with Crippen LogP contribution in [0.1, 0.15) is 77.6 Å². The summed E-state index contributed by atoms with van der Waals surface area (Å²) in [6, 6.07) is 7.29. The van der Waals surface area contributed by atoms with Gasteiger partial charge in [0.05, 0.1) is 16.9 Å². The normalized spacial score (nSPS) is 16.2. The van der Waals surface area contributed by atoms with Crippen molar-refractivity contribution in [3.05, 3.63) is 40.4 Å². The molecule has 3 rings (SSSR count). The van der Waals surface area contributed by atoms with Gasteiger partial charge in [-0.15, -0.1) is 0 Å². The van der Waals surface area contributed by atoms with Crippen LogP contribution in [0.25, 0.3) is 10.9 Å². The summed E-state index contributed by atoms with van der Waals surface area (Å²) >= 11 is 0. The van der Waals surface area contributed by atoms with E-state index in [2.05, 4.69) is 13.8 Å². The third-order valence-corrected chi connectivity index (χ3v) is 5.88. The number of rotatable bonds is 7. The Hall–Kier alpha value is -2.17. The van der Waals surface area contributed by atoms with E-state index in [1.165, 1.54) is 6.42 Å². The maximum Gasteiger partial charge on any atom is 0.261 e. The molecule has 0 saturated heterocycles. The van der Waals surface area contributed by atoms with Gasteiger partial charge in [0.2, 0.25) is 5.91 Å². The van der Waals surface area contributed by atoms with Gasteiger partial charge in [-0.05, 0) is 44.7 Å². The molecule has 1 aliphatic carbocycles. The van der Waals surface area contributed by atoms with E-state index < -0.39 is 0 Å². The first-order valence-corrected chi connectivity index (χ1v) is 10.9. The van der Waals surface area contributed by atoms with Gasteiger partial charge in [0.15, 0.2) is 0 Å². The number of amides is 1. The molecule has 1 aromatic heterocycles. The summed E-state index contributed by atoms with van der Waals surface area (Å²) < 4.78 is 1.78. The summed E-state index contributed by atoms with van der Waals surface area (Å²) in [6.45, 7) is 7.51. The van der Waals surface area contributed by atoms with E-state index in [1.807, 2.05) is 36.1 Å².